The van der Waals surface area contributed by atoms with E-state index < -0.39 is 6.04 Å². The molecule has 1 aromatic carbocycles. The van der Waals surface area contributed by atoms with E-state index in [1.165, 1.54) is 0 Å². The molecule has 1 aliphatic carbocycles. The number of benzene rings is 1. The van der Waals surface area contributed by atoms with Crippen molar-refractivity contribution >= 4 is 11.8 Å². The minimum Gasteiger partial charge on any atom is -0.350 e. The highest BCUT2D eigenvalue weighted by molar-refractivity contribution is 5.97. The average Bonchev–Trinajstić information content (AvgIpc) is 3.52. The summed E-state index contributed by atoms with van der Waals surface area (Å²) in [5, 5.41) is 5.86. The van der Waals surface area contributed by atoms with Crippen molar-refractivity contribution in [1.82, 2.24) is 15.6 Å². The van der Waals surface area contributed by atoms with Crippen molar-refractivity contribution < 1.29 is 9.59 Å². The molecule has 2 aromatic rings. The molecule has 0 saturated heterocycles. The fourth-order valence-electron chi connectivity index (χ4n) is 2.95. The zero-order valence-electron chi connectivity index (χ0n) is 14.6. The molecular weight excluding hydrogens is 328 g/mol. The number of nitrogens with one attached hydrogen (secondary N) is 2. The molecule has 6 nitrogen and oxygen atoms in total. The largest absolute Gasteiger partial charge is 0.350 e. The molecule has 26 heavy (non-hydrogen) atoms. The number of carbonyl (C=O) groups is 2. The number of nitrogens with zero attached hydrogens (tertiary/aromatic N) is 1. The van der Waals surface area contributed by atoms with Crippen LogP contribution in [0.2, 0.25) is 0 Å². The fourth-order valence-corrected chi connectivity index (χ4v) is 2.95. The Balaban J connectivity index is 1.72. The van der Waals surface area contributed by atoms with Crippen molar-refractivity contribution in [2.24, 2.45) is 11.7 Å². The van der Waals surface area contributed by atoms with Crippen molar-refractivity contribution in [2.45, 2.75) is 31.3 Å². The van der Waals surface area contributed by atoms with Gasteiger partial charge in [-0.1, -0.05) is 24.3 Å². The molecule has 4 N–H and O–H groups in total. The molecule has 136 valence electrons. The lowest BCUT2D eigenvalue weighted by atomic mass is 10.0. The standard InChI is InChI=1S/C20H24N4O2/c21-12-18(15-8-9-15)24-20(26)17(11-14-5-4-10-22-13-14)23-19(25)16-6-2-1-3-7-16/h1-7,10,13,15,17-18H,8-9,11-12,21H2,(H,23,25)(H,24,26). The Labute approximate surface area is 153 Å². The van der Waals surface area contributed by atoms with E-state index in [0.29, 0.717) is 24.4 Å². The van der Waals surface area contributed by atoms with E-state index in [-0.39, 0.29) is 17.9 Å². The molecule has 0 spiro atoms. The van der Waals surface area contributed by atoms with Crippen LogP contribution in [-0.4, -0.2) is 35.4 Å². The fraction of sp³-hybridized carbons (Fsp3) is 0.350. The first kappa shape index (κ1) is 18.1. The highest BCUT2D eigenvalue weighted by Gasteiger charge is 2.33. The topological polar surface area (TPSA) is 97.1 Å². The number of hydrogen-bond acceptors (Lipinski definition) is 4. The Bertz CT molecular complexity index is 732. The van der Waals surface area contributed by atoms with Crippen LogP contribution in [0.25, 0.3) is 0 Å². The van der Waals surface area contributed by atoms with E-state index in [9.17, 15) is 9.59 Å². The lowest BCUT2D eigenvalue weighted by Crippen LogP contribution is -2.52. The second-order valence-electron chi connectivity index (χ2n) is 6.65. The van der Waals surface area contributed by atoms with Gasteiger partial charge in [0.15, 0.2) is 0 Å². The third kappa shape index (κ3) is 4.89. The van der Waals surface area contributed by atoms with E-state index in [0.717, 1.165) is 18.4 Å². The minimum atomic E-state index is -0.681. The first-order valence-electron chi connectivity index (χ1n) is 8.92. The molecule has 1 aliphatic rings. The lowest BCUT2D eigenvalue weighted by molar-refractivity contribution is -0.123. The first-order chi connectivity index (χ1) is 12.7. The molecule has 1 heterocycles. The summed E-state index contributed by atoms with van der Waals surface area (Å²) in [6, 6.07) is 11.9. The van der Waals surface area contributed by atoms with Crippen molar-refractivity contribution in [3.63, 3.8) is 0 Å². The van der Waals surface area contributed by atoms with Crippen molar-refractivity contribution in [2.75, 3.05) is 6.54 Å². The summed E-state index contributed by atoms with van der Waals surface area (Å²) in [4.78, 5) is 29.4. The highest BCUT2D eigenvalue weighted by atomic mass is 16.2. The molecule has 0 radical (unpaired) electrons. The van der Waals surface area contributed by atoms with Gasteiger partial charge in [-0.2, -0.15) is 0 Å². The number of aromatic nitrogens is 1. The normalized spacial score (nSPS) is 15.7. The molecule has 1 saturated carbocycles. The Morgan fingerprint density at radius 2 is 1.88 bits per heavy atom. The third-order valence-corrected chi connectivity index (χ3v) is 4.59. The Kier molecular flexibility index (Phi) is 5.96. The van der Waals surface area contributed by atoms with Crippen LogP contribution in [0.5, 0.6) is 0 Å². The summed E-state index contributed by atoms with van der Waals surface area (Å²) in [6.45, 7) is 0.405. The molecular formula is C20H24N4O2. The van der Waals surface area contributed by atoms with Gasteiger partial charge in [-0.25, -0.2) is 0 Å². The second-order valence-corrected chi connectivity index (χ2v) is 6.65. The summed E-state index contributed by atoms with van der Waals surface area (Å²) in [6.07, 6.45) is 5.94. The Morgan fingerprint density at radius 3 is 2.50 bits per heavy atom. The van der Waals surface area contributed by atoms with Crippen molar-refractivity contribution in [1.29, 1.82) is 0 Å². The van der Waals surface area contributed by atoms with Gasteiger partial charge in [-0.05, 0) is 42.5 Å². The van der Waals surface area contributed by atoms with Gasteiger partial charge in [0.2, 0.25) is 5.91 Å². The van der Waals surface area contributed by atoms with E-state index in [4.69, 9.17) is 5.73 Å². The summed E-state index contributed by atoms with van der Waals surface area (Å²) >= 11 is 0. The van der Waals surface area contributed by atoms with Crippen LogP contribution in [0.4, 0.5) is 0 Å². The molecule has 0 bridgehead atoms. The molecule has 0 aliphatic heterocycles. The highest BCUT2D eigenvalue weighted by Crippen LogP contribution is 2.32. The number of carbonyl (C=O) groups excluding carboxylic acids is 2. The summed E-state index contributed by atoms with van der Waals surface area (Å²) < 4.78 is 0. The summed E-state index contributed by atoms with van der Waals surface area (Å²) in [7, 11) is 0. The van der Waals surface area contributed by atoms with Crippen LogP contribution < -0.4 is 16.4 Å². The van der Waals surface area contributed by atoms with Gasteiger partial charge in [0.25, 0.3) is 5.91 Å². The maximum Gasteiger partial charge on any atom is 0.251 e. The SMILES string of the molecule is NCC(NC(=O)C(Cc1cccnc1)NC(=O)c1ccccc1)C1CC1. The quantitative estimate of drug-likeness (QED) is 0.667. The monoisotopic (exact) mass is 352 g/mol. The lowest BCUT2D eigenvalue weighted by Gasteiger charge is -2.22. The van der Waals surface area contributed by atoms with E-state index >= 15 is 0 Å². The van der Waals surface area contributed by atoms with Crippen LogP contribution in [0, 0.1) is 5.92 Å². The van der Waals surface area contributed by atoms with Crippen LogP contribution in [0.15, 0.2) is 54.9 Å². The van der Waals surface area contributed by atoms with Crippen molar-refractivity contribution in [3.05, 3.63) is 66.0 Å². The Hall–Kier alpha value is -2.73. The van der Waals surface area contributed by atoms with Gasteiger partial charge in [-0.3, -0.25) is 14.6 Å². The maximum atomic E-state index is 12.8. The van der Waals surface area contributed by atoms with Gasteiger partial charge in [0, 0.05) is 37.0 Å². The van der Waals surface area contributed by atoms with Gasteiger partial charge < -0.3 is 16.4 Å². The number of pyridine rings is 1. The second kappa shape index (κ2) is 8.58. The number of amides is 2. The molecule has 2 unspecified atom stereocenters. The molecule has 3 rings (SSSR count). The predicted molar refractivity (Wildman–Crippen MR) is 99.3 cm³/mol. The van der Waals surface area contributed by atoms with Crippen molar-refractivity contribution in [3.8, 4) is 0 Å². The number of nitrogens with two attached hydrogens (primary N) is 1. The maximum absolute atomic E-state index is 12.8. The Morgan fingerprint density at radius 1 is 1.12 bits per heavy atom. The van der Waals surface area contributed by atoms with E-state index in [1.54, 1.807) is 36.7 Å². The third-order valence-electron chi connectivity index (χ3n) is 4.59. The van der Waals surface area contributed by atoms with Gasteiger partial charge >= 0.3 is 0 Å². The zero-order chi connectivity index (χ0) is 18.4. The number of rotatable bonds is 8. The van der Waals surface area contributed by atoms with E-state index in [2.05, 4.69) is 15.6 Å². The zero-order valence-corrected chi connectivity index (χ0v) is 14.6. The number of hydrogen-bond donors (Lipinski definition) is 3. The first-order valence-corrected chi connectivity index (χ1v) is 8.92. The minimum absolute atomic E-state index is 0.0347. The summed E-state index contributed by atoms with van der Waals surface area (Å²) in [5.41, 5.74) is 7.20. The van der Waals surface area contributed by atoms with Crippen LogP contribution in [-0.2, 0) is 11.2 Å². The molecule has 2 atom stereocenters. The smallest absolute Gasteiger partial charge is 0.251 e. The van der Waals surface area contributed by atoms with Crippen LogP contribution in [0.3, 0.4) is 0 Å². The molecule has 2 amide bonds. The molecule has 1 fully saturated rings. The van der Waals surface area contributed by atoms with Gasteiger partial charge in [-0.15, -0.1) is 0 Å². The molecule has 6 heteroatoms. The van der Waals surface area contributed by atoms with Gasteiger partial charge in [0.1, 0.15) is 6.04 Å². The average molecular weight is 352 g/mol. The van der Waals surface area contributed by atoms with Crippen LogP contribution in [0.1, 0.15) is 28.8 Å². The van der Waals surface area contributed by atoms with Gasteiger partial charge in [0.05, 0.1) is 0 Å². The molecule has 1 aromatic heterocycles. The van der Waals surface area contributed by atoms with Crippen LogP contribution >= 0.6 is 0 Å². The van der Waals surface area contributed by atoms with E-state index in [1.807, 2.05) is 18.2 Å². The summed E-state index contributed by atoms with van der Waals surface area (Å²) in [5.74, 6) is -0.0290. The predicted octanol–water partition coefficient (Wildman–Crippen LogP) is 1.28.